The van der Waals surface area contributed by atoms with E-state index < -0.39 is 5.97 Å². The van der Waals surface area contributed by atoms with Crippen LogP contribution in [0.3, 0.4) is 0 Å². The molecule has 26 heavy (non-hydrogen) atoms. The van der Waals surface area contributed by atoms with Crippen LogP contribution in [0.15, 0.2) is 30.3 Å². The number of benzene rings is 1. The van der Waals surface area contributed by atoms with Crippen LogP contribution in [0.5, 0.6) is 0 Å². The number of carbonyl (C=O) groups excluding carboxylic acids is 2. The molecule has 0 bridgehead atoms. The third-order valence-electron chi connectivity index (χ3n) is 3.63. The Kier molecular flexibility index (Phi) is 6.66. The van der Waals surface area contributed by atoms with Gasteiger partial charge in [0.25, 0.3) is 5.91 Å². The number of ether oxygens (including phenoxy) is 1. The van der Waals surface area contributed by atoms with Crippen LogP contribution in [0, 0.1) is 12.8 Å². The van der Waals surface area contributed by atoms with Crippen molar-refractivity contribution in [1.82, 2.24) is 9.97 Å². The van der Waals surface area contributed by atoms with E-state index in [1.165, 1.54) is 7.11 Å². The Morgan fingerprint density at radius 1 is 1.19 bits per heavy atom. The van der Waals surface area contributed by atoms with Crippen LogP contribution in [-0.2, 0) is 4.74 Å². The van der Waals surface area contributed by atoms with Crippen molar-refractivity contribution in [3.63, 3.8) is 0 Å². The highest BCUT2D eigenvalue weighted by Crippen LogP contribution is 2.14. The maximum Gasteiger partial charge on any atom is 0.337 e. The second-order valence-electron chi connectivity index (χ2n) is 6.35. The van der Waals surface area contributed by atoms with Gasteiger partial charge in [0.05, 0.1) is 12.7 Å². The maximum atomic E-state index is 12.5. The Balaban J connectivity index is 2.11. The second-order valence-corrected chi connectivity index (χ2v) is 6.35. The first-order valence-electron chi connectivity index (χ1n) is 8.48. The van der Waals surface area contributed by atoms with Gasteiger partial charge in [-0.2, -0.15) is 0 Å². The van der Waals surface area contributed by atoms with Gasteiger partial charge in [-0.15, -0.1) is 0 Å². The molecule has 0 saturated heterocycles. The van der Waals surface area contributed by atoms with Crippen molar-refractivity contribution in [2.45, 2.75) is 27.2 Å². The van der Waals surface area contributed by atoms with Crippen molar-refractivity contribution in [2.24, 2.45) is 5.92 Å². The summed E-state index contributed by atoms with van der Waals surface area (Å²) in [5.41, 5.74) is 1.80. The lowest BCUT2D eigenvalue weighted by Gasteiger charge is -2.10. The van der Waals surface area contributed by atoms with Crippen LogP contribution in [0.25, 0.3) is 0 Å². The molecule has 7 heteroatoms. The van der Waals surface area contributed by atoms with E-state index in [9.17, 15) is 9.59 Å². The minimum atomic E-state index is -0.462. The molecule has 1 aromatic carbocycles. The highest BCUT2D eigenvalue weighted by molar-refractivity contribution is 6.03. The first-order chi connectivity index (χ1) is 12.4. The highest BCUT2D eigenvalue weighted by Gasteiger charge is 2.12. The van der Waals surface area contributed by atoms with Crippen molar-refractivity contribution in [2.75, 3.05) is 24.3 Å². The van der Waals surface area contributed by atoms with Crippen molar-refractivity contribution in [3.8, 4) is 0 Å². The number of rotatable bonds is 7. The Labute approximate surface area is 153 Å². The Hall–Kier alpha value is -2.96. The van der Waals surface area contributed by atoms with Crippen LogP contribution in [-0.4, -0.2) is 35.5 Å². The molecule has 0 aliphatic rings. The molecular weight excluding hydrogens is 332 g/mol. The van der Waals surface area contributed by atoms with E-state index >= 15 is 0 Å². The van der Waals surface area contributed by atoms with Gasteiger partial charge in [0.15, 0.2) is 0 Å². The van der Waals surface area contributed by atoms with E-state index in [0.29, 0.717) is 28.8 Å². The monoisotopic (exact) mass is 356 g/mol. The number of amides is 1. The van der Waals surface area contributed by atoms with E-state index in [1.54, 1.807) is 30.3 Å². The number of anilines is 2. The molecule has 0 unspecified atom stereocenters. The molecule has 0 aliphatic heterocycles. The summed E-state index contributed by atoms with van der Waals surface area (Å²) in [5.74, 6) is 0.163. The molecule has 1 heterocycles. The average molecular weight is 356 g/mol. The van der Waals surface area contributed by atoms with Gasteiger partial charge in [-0.25, -0.2) is 14.8 Å². The zero-order valence-corrected chi connectivity index (χ0v) is 15.5. The Morgan fingerprint density at radius 2 is 1.96 bits per heavy atom. The molecule has 0 fully saturated rings. The third kappa shape index (κ3) is 5.54. The second kappa shape index (κ2) is 8.94. The normalized spacial score (nSPS) is 10.5. The Morgan fingerprint density at radius 3 is 2.65 bits per heavy atom. The zero-order chi connectivity index (χ0) is 19.1. The number of aryl methyl sites for hydroxylation is 1. The minimum Gasteiger partial charge on any atom is -0.465 e. The number of carbonyl (C=O) groups is 2. The molecule has 138 valence electrons. The molecule has 1 aromatic heterocycles. The van der Waals surface area contributed by atoms with E-state index in [2.05, 4.69) is 39.2 Å². The number of hydrogen-bond acceptors (Lipinski definition) is 6. The molecule has 0 saturated carbocycles. The lowest BCUT2D eigenvalue weighted by atomic mass is 10.1. The largest absolute Gasteiger partial charge is 0.465 e. The Bertz CT molecular complexity index is 790. The predicted molar refractivity (Wildman–Crippen MR) is 100 cm³/mol. The maximum absolute atomic E-state index is 12.5. The smallest absolute Gasteiger partial charge is 0.337 e. The van der Waals surface area contributed by atoms with E-state index in [-0.39, 0.29) is 11.6 Å². The van der Waals surface area contributed by atoms with E-state index in [0.717, 1.165) is 13.0 Å². The predicted octanol–water partition coefficient (Wildman–Crippen LogP) is 3.28. The van der Waals surface area contributed by atoms with Gasteiger partial charge in [-0.3, -0.25) is 4.79 Å². The van der Waals surface area contributed by atoms with Crippen LogP contribution in [0.2, 0.25) is 0 Å². The molecule has 2 rings (SSSR count). The highest BCUT2D eigenvalue weighted by atomic mass is 16.5. The minimum absolute atomic E-state index is 0.257. The van der Waals surface area contributed by atoms with Gasteiger partial charge in [0.1, 0.15) is 5.69 Å². The van der Waals surface area contributed by atoms with Crippen LogP contribution < -0.4 is 10.6 Å². The summed E-state index contributed by atoms with van der Waals surface area (Å²) >= 11 is 0. The van der Waals surface area contributed by atoms with E-state index in [4.69, 9.17) is 0 Å². The van der Waals surface area contributed by atoms with Gasteiger partial charge in [0, 0.05) is 17.9 Å². The molecule has 7 nitrogen and oxygen atoms in total. The lowest BCUT2D eigenvalue weighted by Crippen LogP contribution is -2.17. The van der Waals surface area contributed by atoms with Crippen molar-refractivity contribution >= 4 is 23.5 Å². The summed E-state index contributed by atoms with van der Waals surface area (Å²) in [4.78, 5) is 32.7. The molecule has 0 spiro atoms. The molecule has 0 aliphatic carbocycles. The van der Waals surface area contributed by atoms with Crippen molar-refractivity contribution in [3.05, 3.63) is 47.3 Å². The average Bonchev–Trinajstić information content (AvgIpc) is 2.60. The van der Waals surface area contributed by atoms with Gasteiger partial charge in [0.2, 0.25) is 5.95 Å². The molecule has 1 amide bonds. The van der Waals surface area contributed by atoms with Gasteiger partial charge in [-0.1, -0.05) is 19.9 Å². The molecule has 0 atom stereocenters. The number of nitrogens with zero attached hydrogens (tertiary/aromatic N) is 2. The molecule has 0 radical (unpaired) electrons. The standard InChI is InChI=1S/C19H24N4O3/c1-12(2)8-9-20-19-21-13(3)10-16(23-19)17(24)22-15-7-5-6-14(11-15)18(25)26-4/h5-7,10-12H,8-9H2,1-4H3,(H,22,24)(H,20,21,23). The number of methoxy groups -OCH3 is 1. The van der Waals surface area contributed by atoms with Crippen LogP contribution >= 0.6 is 0 Å². The van der Waals surface area contributed by atoms with Crippen LogP contribution in [0.4, 0.5) is 11.6 Å². The van der Waals surface area contributed by atoms with Gasteiger partial charge in [-0.05, 0) is 43.5 Å². The number of esters is 1. The number of hydrogen-bond donors (Lipinski definition) is 2. The summed E-state index contributed by atoms with van der Waals surface area (Å²) in [6, 6.07) is 8.16. The molecule has 2 N–H and O–H groups in total. The lowest BCUT2D eigenvalue weighted by molar-refractivity contribution is 0.0600. The SMILES string of the molecule is COC(=O)c1cccc(NC(=O)c2cc(C)nc(NCCC(C)C)n2)c1. The molecule has 2 aromatic rings. The zero-order valence-electron chi connectivity index (χ0n) is 15.5. The summed E-state index contributed by atoms with van der Waals surface area (Å²) in [5, 5.41) is 5.89. The quantitative estimate of drug-likeness (QED) is 0.740. The van der Waals surface area contributed by atoms with Crippen LogP contribution in [0.1, 0.15) is 46.8 Å². The van der Waals surface area contributed by atoms with Gasteiger partial charge < -0.3 is 15.4 Å². The first-order valence-corrected chi connectivity index (χ1v) is 8.48. The van der Waals surface area contributed by atoms with Crippen molar-refractivity contribution in [1.29, 1.82) is 0 Å². The fourth-order valence-corrected chi connectivity index (χ4v) is 2.27. The van der Waals surface area contributed by atoms with Crippen molar-refractivity contribution < 1.29 is 14.3 Å². The van der Waals surface area contributed by atoms with E-state index in [1.807, 2.05) is 6.92 Å². The van der Waals surface area contributed by atoms with Gasteiger partial charge >= 0.3 is 5.97 Å². The summed E-state index contributed by atoms with van der Waals surface area (Å²) in [6.07, 6.45) is 0.985. The number of aromatic nitrogens is 2. The molecular formula is C19H24N4O3. The topological polar surface area (TPSA) is 93.2 Å². The summed E-state index contributed by atoms with van der Waals surface area (Å²) in [6.45, 7) is 6.83. The summed E-state index contributed by atoms with van der Waals surface area (Å²) in [7, 11) is 1.31. The third-order valence-corrected chi connectivity index (χ3v) is 3.63. The fraction of sp³-hybridized carbons (Fsp3) is 0.368. The number of nitrogens with one attached hydrogen (secondary N) is 2. The first kappa shape index (κ1) is 19.4. The summed E-state index contributed by atoms with van der Waals surface area (Å²) < 4.78 is 4.69. The fourth-order valence-electron chi connectivity index (χ4n) is 2.27.